The van der Waals surface area contributed by atoms with Crippen LogP contribution in [0, 0.1) is 5.92 Å². The second kappa shape index (κ2) is 4.81. The van der Waals surface area contributed by atoms with Crippen molar-refractivity contribution >= 4 is 0 Å². The van der Waals surface area contributed by atoms with Gasteiger partial charge < -0.3 is 14.8 Å². The van der Waals surface area contributed by atoms with E-state index in [0.717, 1.165) is 18.0 Å². The molecule has 2 unspecified atom stereocenters. The highest BCUT2D eigenvalue weighted by Crippen LogP contribution is 2.36. The average Bonchev–Trinajstić information content (AvgIpc) is 2.88. The van der Waals surface area contributed by atoms with E-state index in [-0.39, 0.29) is 0 Å². The van der Waals surface area contributed by atoms with E-state index in [2.05, 4.69) is 31.3 Å². The monoisotopic (exact) mass is 247 g/mol. The number of hydrogen-bond donors (Lipinski definition) is 1. The Kier molecular flexibility index (Phi) is 3.16. The molecule has 0 radical (unpaired) electrons. The van der Waals surface area contributed by atoms with Gasteiger partial charge in [-0.3, -0.25) is 0 Å². The molecular formula is C15H21NO2. The van der Waals surface area contributed by atoms with Gasteiger partial charge in [0.25, 0.3) is 0 Å². The van der Waals surface area contributed by atoms with Gasteiger partial charge in [-0.15, -0.1) is 0 Å². The maximum absolute atomic E-state index is 5.65. The number of hydrogen-bond acceptors (Lipinski definition) is 3. The lowest BCUT2D eigenvalue weighted by Gasteiger charge is -2.20. The zero-order valence-corrected chi connectivity index (χ0v) is 11.1. The fourth-order valence-corrected chi connectivity index (χ4v) is 2.84. The summed E-state index contributed by atoms with van der Waals surface area (Å²) in [4.78, 5) is 0. The molecule has 0 amide bonds. The molecule has 3 nitrogen and oxygen atoms in total. The van der Waals surface area contributed by atoms with Crippen molar-refractivity contribution in [3.63, 3.8) is 0 Å². The van der Waals surface area contributed by atoms with Crippen LogP contribution in [0.2, 0.25) is 0 Å². The van der Waals surface area contributed by atoms with Crippen molar-refractivity contribution in [2.24, 2.45) is 5.92 Å². The number of ether oxygens (including phenoxy) is 2. The summed E-state index contributed by atoms with van der Waals surface area (Å²) in [6.45, 7) is 6.96. The highest BCUT2D eigenvalue weighted by Gasteiger charge is 2.28. The summed E-state index contributed by atoms with van der Waals surface area (Å²) >= 11 is 0. The quantitative estimate of drug-likeness (QED) is 0.871. The van der Waals surface area contributed by atoms with E-state index in [9.17, 15) is 0 Å². The number of rotatable bonds is 2. The molecule has 1 fully saturated rings. The third-order valence-corrected chi connectivity index (χ3v) is 4.01. The smallest absolute Gasteiger partial charge is 0.161 e. The highest BCUT2D eigenvalue weighted by molar-refractivity contribution is 5.45. The van der Waals surface area contributed by atoms with E-state index in [0.29, 0.717) is 31.1 Å². The molecule has 2 atom stereocenters. The summed E-state index contributed by atoms with van der Waals surface area (Å²) in [7, 11) is 0. The largest absolute Gasteiger partial charge is 0.486 e. The molecule has 98 valence electrons. The predicted octanol–water partition coefficient (Wildman–Crippen LogP) is 2.56. The minimum Gasteiger partial charge on any atom is -0.486 e. The van der Waals surface area contributed by atoms with E-state index < -0.39 is 0 Å². The topological polar surface area (TPSA) is 30.5 Å². The van der Waals surface area contributed by atoms with E-state index >= 15 is 0 Å². The Morgan fingerprint density at radius 1 is 1.17 bits per heavy atom. The first kappa shape index (κ1) is 11.8. The number of benzene rings is 1. The Morgan fingerprint density at radius 2 is 1.94 bits per heavy atom. The molecule has 0 spiro atoms. The van der Waals surface area contributed by atoms with Gasteiger partial charge in [0.2, 0.25) is 0 Å². The first-order valence-corrected chi connectivity index (χ1v) is 6.87. The standard InChI is InChI=1S/C15H21NO2/c1-10(2)13-7-12(9-16-13)11-3-4-14-15(8-11)18-6-5-17-14/h3-4,8,10,12-13,16H,5-7,9H2,1-2H3. The fourth-order valence-electron chi connectivity index (χ4n) is 2.84. The van der Waals surface area contributed by atoms with Gasteiger partial charge in [0.05, 0.1) is 0 Å². The SMILES string of the molecule is CC(C)C1CC(c2ccc3c(c2)OCCO3)CN1. The van der Waals surface area contributed by atoms with Crippen LogP contribution in [-0.4, -0.2) is 25.8 Å². The summed E-state index contributed by atoms with van der Waals surface area (Å²) < 4.78 is 11.2. The fraction of sp³-hybridized carbons (Fsp3) is 0.600. The Balaban J connectivity index is 1.77. The van der Waals surface area contributed by atoms with Gasteiger partial charge in [0.1, 0.15) is 13.2 Å². The van der Waals surface area contributed by atoms with Crippen molar-refractivity contribution in [3.8, 4) is 11.5 Å². The molecular weight excluding hydrogens is 226 g/mol. The second-order valence-electron chi connectivity index (χ2n) is 5.59. The minimum absolute atomic E-state index is 0.605. The summed E-state index contributed by atoms with van der Waals surface area (Å²) in [5.74, 6) is 3.10. The lowest BCUT2D eigenvalue weighted by Crippen LogP contribution is -2.26. The first-order chi connectivity index (χ1) is 8.74. The van der Waals surface area contributed by atoms with E-state index in [4.69, 9.17) is 9.47 Å². The summed E-state index contributed by atoms with van der Waals surface area (Å²) in [6.07, 6.45) is 1.22. The summed E-state index contributed by atoms with van der Waals surface area (Å²) in [5.41, 5.74) is 1.37. The van der Waals surface area contributed by atoms with Crippen molar-refractivity contribution in [2.75, 3.05) is 19.8 Å². The van der Waals surface area contributed by atoms with Crippen LogP contribution in [0.1, 0.15) is 31.7 Å². The maximum atomic E-state index is 5.65. The molecule has 1 N–H and O–H groups in total. The molecule has 0 saturated carbocycles. The van der Waals surface area contributed by atoms with E-state index in [1.165, 1.54) is 12.0 Å². The molecule has 3 heteroatoms. The number of fused-ring (bicyclic) bond motifs is 1. The molecule has 0 aromatic heterocycles. The van der Waals surface area contributed by atoms with Crippen LogP contribution in [0.15, 0.2) is 18.2 Å². The van der Waals surface area contributed by atoms with Crippen molar-refractivity contribution in [1.29, 1.82) is 0 Å². The lowest BCUT2D eigenvalue weighted by molar-refractivity contribution is 0.171. The van der Waals surface area contributed by atoms with Gasteiger partial charge in [-0.25, -0.2) is 0 Å². The molecule has 0 aliphatic carbocycles. The third-order valence-electron chi connectivity index (χ3n) is 4.01. The highest BCUT2D eigenvalue weighted by atomic mass is 16.6. The van der Waals surface area contributed by atoms with Gasteiger partial charge in [-0.2, -0.15) is 0 Å². The first-order valence-electron chi connectivity index (χ1n) is 6.87. The Hall–Kier alpha value is -1.22. The third kappa shape index (κ3) is 2.19. The Bertz CT molecular complexity index is 431. The van der Waals surface area contributed by atoms with Crippen molar-refractivity contribution in [3.05, 3.63) is 23.8 Å². The molecule has 1 aromatic carbocycles. The normalized spacial score (nSPS) is 26.6. The Labute approximate surface area is 108 Å². The van der Waals surface area contributed by atoms with Crippen LogP contribution in [0.4, 0.5) is 0 Å². The van der Waals surface area contributed by atoms with Crippen LogP contribution in [0.5, 0.6) is 11.5 Å². The van der Waals surface area contributed by atoms with Crippen molar-refractivity contribution in [2.45, 2.75) is 32.2 Å². The molecule has 0 bridgehead atoms. The predicted molar refractivity (Wildman–Crippen MR) is 71.4 cm³/mol. The second-order valence-corrected chi connectivity index (χ2v) is 5.59. The molecule has 2 aliphatic rings. The van der Waals surface area contributed by atoms with Crippen molar-refractivity contribution < 1.29 is 9.47 Å². The zero-order valence-electron chi connectivity index (χ0n) is 11.1. The molecule has 2 aliphatic heterocycles. The van der Waals surface area contributed by atoms with Crippen LogP contribution < -0.4 is 14.8 Å². The van der Waals surface area contributed by atoms with Gasteiger partial charge in [-0.05, 0) is 36.0 Å². The molecule has 1 saturated heterocycles. The van der Waals surface area contributed by atoms with Crippen LogP contribution in [-0.2, 0) is 0 Å². The van der Waals surface area contributed by atoms with Crippen LogP contribution >= 0.6 is 0 Å². The Morgan fingerprint density at radius 3 is 2.67 bits per heavy atom. The van der Waals surface area contributed by atoms with Crippen LogP contribution in [0.25, 0.3) is 0 Å². The van der Waals surface area contributed by atoms with Gasteiger partial charge in [0, 0.05) is 12.6 Å². The van der Waals surface area contributed by atoms with Gasteiger partial charge in [-0.1, -0.05) is 19.9 Å². The molecule has 18 heavy (non-hydrogen) atoms. The van der Waals surface area contributed by atoms with Crippen molar-refractivity contribution in [1.82, 2.24) is 5.32 Å². The van der Waals surface area contributed by atoms with Gasteiger partial charge >= 0.3 is 0 Å². The average molecular weight is 247 g/mol. The molecule has 2 heterocycles. The summed E-state index contributed by atoms with van der Waals surface area (Å²) in [6, 6.07) is 7.03. The maximum Gasteiger partial charge on any atom is 0.161 e. The molecule has 3 rings (SSSR count). The molecule has 1 aromatic rings. The zero-order chi connectivity index (χ0) is 12.5. The lowest BCUT2D eigenvalue weighted by atomic mass is 9.92. The van der Waals surface area contributed by atoms with E-state index in [1.54, 1.807) is 0 Å². The van der Waals surface area contributed by atoms with E-state index in [1.807, 2.05) is 6.07 Å². The minimum atomic E-state index is 0.605. The number of nitrogens with one attached hydrogen (secondary N) is 1. The van der Waals surface area contributed by atoms with Gasteiger partial charge in [0.15, 0.2) is 11.5 Å². The summed E-state index contributed by atoms with van der Waals surface area (Å²) in [5, 5.41) is 3.61. The van der Waals surface area contributed by atoms with Crippen LogP contribution in [0.3, 0.4) is 0 Å².